The van der Waals surface area contributed by atoms with Crippen molar-refractivity contribution in [3.05, 3.63) is 78.9 Å². The standard InChI is InChI=1S/C21H20N2O5S/c1-27-19-9-5-6-10-20(19)28-15-21(24)22-16-11-13-18(14-12-16)29(25,26)23-17-7-3-2-4-8-17/h2-14,23H,15H2,1H3,(H,22,24). The molecule has 0 radical (unpaired) electrons. The van der Waals surface area contributed by atoms with Gasteiger partial charge in [-0.1, -0.05) is 30.3 Å². The SMILES string of the molecule is COc1ccccc1OCC(=O)Nc1ccc(S(=O)(=O)Nc2ccccc2)cc1. The number of para-hydroxylation sites is 3. The zero-order chi connectivity index (χ0) is 20.7. The van der Waals surface area contributed by atoms with Crippen LogP contribution in [-0.2, 0) is 14.8 Å². The van der Waals surface area contributed by atoms with Crippen LogP contribution >= 0.6 is 0 Å². The van der Waals surface area contributed by atoms with Crippen LogP contribution in [-0.4, -0.2) is 28.0 Å². The number of amides is 1. The molecule has 0 saturated heterocycles. The van der Waals surface area contributed by atoms with Gasteiger partial charge in [0.2, 0.25) is 0 Å². The van der Waals surface area contributed by atoms with E-state index in [2.05, 4.69) is 10.0 Å². The molecule has 3 aromatic carbocycles. The number of benzene rings is 3. The molecule has 0 heterocycles. The van der Waals surface area contributed by atoms with E-state index in [-0.39, 0.29) is 17.4 Å². The lowest BCUT2D eigenvalue weighted by molar-refractivity contribution is -0.118. The number of ether oxygens (including phenoxy) is 2. The summed E-state index contributed by atoms with van der Waals surface area (Å²) in [6.07, 6.45) is 0. The number of methoxy groups -OCH3 is 1. The number of carbonyl (C=O) groups is 1. The summed E-state index contributed by atoms with van der Waals surface area (Å²) in [5.41, 5.74) is 0.927. The third-order valence-electron chi connectivity index (χ3n) is 3.90. The molecule has 0 aliphatic carbocycles. The van der Waals surface area contributed by atoms with E-state index in [4.69, 9.17) is 9.47 Å². The van der Waals surface area contributed by atoms with Crippen molar-refractivity contribution in [1.29, 1.82) is 0 Å². The topological polar surface area (TPSA) is 93.7 Å². The third-order valence-corrected chi connectivity index (χ3v) is 5.30. The Balaban J connectivity index is 1.59. The molecular weight excluding hydrogens is 392 g/mol. The number of sulfonamides is 1. The van der Waals surface area contributed by atoms with Gasteiger partial charge in [-0.05, 0) is 48.5 Å². The van der Waals surface area contributed by atoms with Crippen LogP contribution in [0.25, 0.3) is 0 Å². The van der Waals surface area contributed by atoms with Crippen LogP contribution in [0, 0.1) is 0 Å². The molecule has 0 aliphatic heterocycles. The van der Waals surface area contributed by atoms with E-state index in [9.17, 15) is 13.2 Å². The van der Waals surface area contributed by atoms with Gasteiger partial charge in [0.05, 0.1) is 12.0 Å². The molecule has 0 atom stereocenters. The molecule has 1 amide bonds. The Morgan fingerprint density at radius 1 is 0.828 bits per heavy atom. The summed E-state index contributed by atoms with van der Waals surface area (Å²) in [6, 6.07) is 21.5. The smallest absolute Gasteiger partial charge is 0.262 e. The number of hydrogen-bond donors (Lipinski definition) is 2. The number of anilines is 2. The van der Waals surface area contributed by atoms with E-state index in [1.165, 1.54) is 31.4 Å². The Hall–Kier alpha value is -3.52. The van der Waals surface area contributed by atoms with Crippen LogP contribution in [0.1, 0.15) is 0 Å². The lowest BCUT2D eigenvalue weighted by atomic mass is 10.3. The van der Waals surface area contributed by atoms with Crippen molar-refractivity contribution in [3.63, 3.8) is 0 Å². The van der Waals surface area contributed by atoms with E-state index in [1.54, 1.807) is 54.6 Å². The van der Waals surface area contributed by atoms with Crippen molar-refractivity contribution < 1.29 is 22.7 Å². The molecule has 3 rings (SSSR count). The normalized spacial score (nSPS) is 10.8. The number of carbonyl (C=O) groups excluding carboxylic acids is 1. The fourth-order valence-corrected chi connectivity index (χ4v) is 3.57. The molecular formula is C21H20N2O5S. The predicted octanol–water partition coefficient (Wildman–Crippen LogP) is 3.51. The molecule has 0 aromatic heterocycles. The summed E-state index contributed by atoms with van der Waals surface area (Å²) < 4.78 is 38.0. The molecule has 3 aromatic rings. The fourth-order valence-electron chi connectivity index (χ4n) is 2.52. The van der Waals surface area contributed by atoms with Gasteiger partial charge in [-0.3, -0.25) is 9.52 Å². The van der Waals surface area contributed by atoms with Crippen LogP contribution in [0.3, 0.4) is 0 Å². The minimum atomic E-state index is -3.71. The zero-order valence-corrected chi connectivity index (χ0v) is 16.5. The first-order valence-electron chi connectivity index (χ1n) is 8.71. The zero-order valence-electron chi connectivity index (χ0n) is 15.7. The second-order valence-corrected chi connectivity index (χ2v) is 7.67. The molecule has 0 spiro atoms. The molecule has 7 nitrogen and oxygen atoms in total. The first kappa shape index (κ1) is 20.2. The highest BCUT2D eigenvalue weighted by atomic mass is 32.2. The second kappa shape index (κ2) is 9.11. The molecule has 0 unspecified atom stereocenters. The maximum atomic E-state index is 12.4. The first-order valence-corrected chi connectivity index (χ1v) is 10.2. The first-order chi connectivity index (χ1) is 14.0. The van der Waals surface area contributed by atoms with Crippen molar-refractivity contribution >= 4 is 27.3 Å². The summed E-state index contributed by atoms with van der Waals surface area (Å²) in [7, 11) is -2.20. The quantitative estimate of drug-likeness (QED) is 0.591. The maximum Gasteiger partial charge on any atom is 0.262 e. The summed E-state index contributed by atoms with van der Waals surface area (Å²) in [5, 5.41) is 2.66. The Morgan fingerprint density at radius 2 is 1.45 bits per heavy atom. The summed E-state index contributed by atoms with van der Waals surface area (Å²) in [4.78, 5) is 12.2. The van der Waals surface area contributed by atoms with Crippen molar-refractivity contribution in [1.82, 2.24) is 0 Å². The Bertz CT molecular complexity index is 1070. The number of nitrogens with one attached hydrogen (secondary N) is 2. The molecule has 0 bridgehead atoms. The van der Waals surface area contributed by atoms with Gasteiger partial charge >= 0.3 is 0 Å². The van der Waals surface area contributed by atoms with Gasteiger partial charge in [0, 0.05) is 11.4 Å². The van der Waals surface area contributed by atoms with E-state index in [0.717, 1.165) is 0 Å². The van der Waals surface area contributed by atoms with Crippen molar-refractivity contribution in [2.75, 3.05) is 23.8 Å². The van der Waals surface area contributed by atoms with Gasteiger partial charge in [-0.15, -0.1) is 0 Å². The van der Waals surface area contributed by atoms with Gasteiger partial charge in [0.1, 0.15) is 0 Å². The van der Waals surface area contributed by atoms with Gasteiger partial charge in [-0.2, -0.15) is 0 Å². The van der Waals surface area contributed by atoms with Gasteiger partial charge in [0.15, 0.2) is 18.1 Å². The third kappa shape index (κ3) is 5.49. The Morgan fingerprint density at radius 3 is 2.10 bits per heavy atom. The van der Waals surface area contributed by atoms with E-state index >= 15 is 0 Å². The molecule has 8 heteroatoms. The maximum absolute atomic E-state index is 12.4. The summed E-state index contributed by atoms with van der Waals surface area (Å²) in [5.74, 6) is 0.605. The van der Waals surface area contributed by atoms with Crippen LogP contribution in [0.4, 0.5) is 11.4 Å². The van der Waals surface area contributed by atoms with Gasteiger partial charge < -0.3 is 14.8 Å². The van der Waals surface area contributed by atoms with Crippen molar-refractivity contribution in [3.8, 4) is 11.5 Å². The van der Waals surface area contributed by atoms with Crippen LogP contribution in [0.5, 0.6) is 11.5 Å². The minimum Gasteiger partial charge on any atom is -0.493 e. The van der Waals surface area contributed by atoms with Crippen LogP contribution < -0.4 is 19.5 Å². The molecule has 29 heavy (non-hydrogen) atoms. The lowest BCUT2D eigenvalue weighted by Crippen LogP contribution is -2.20. The Labute approximate surface area is 169 Å². The highest BCUT2D eigenvalue weighted by molar-refractivity contribution is 7.92. The number of rotatable bonds is 8. The minimum absolute atomic E-state index is 0.0876. The molecule has 150 valence electrons. The van der Waals surface area contributed by atoms with E-state index in [0.29, 0.717) is 22.9 Å². The van der Waals surface area contributed by atoms with Crippen molar-refractivity contribution in [2.24, 2.45) is 0 Å². The average molecular weight is 412 g/mol. The van der Waals surface area contributed by atoms with Crippen LogP contribution in [0.2, 0.25) is 0 Å². The molecule has 0 aliphatic rings. The summed E-state index contributed by atoms with van der Waals surface area (Å²) in [6.45, 7) is -0.212. The second-order valence-electron chi connectivity index (χ2n) is 5.98. The highest BCUT2D eigenvalue weighted by Crippen LogP contribution is 2.25. The summed E-state index contributed by atoms with van der Waals surface area (Å²) >= 11 is 0. The average Bonchev–Trinajstić information content (AvgIpc) is 2.73. The van der Waals surface area contributed by atoms with Crippen LogP contribution in [0.15, 0.2) is 83.8 Å². The van der Waals surface area contributed by atoms with E-state index < -0.39 is 10.0 Å². The van der Waals surface area contributed by atoms with E-state index in [1.807, 2.05) is 0 Å². The molecule has 2 N–H and O–H groups in total. The van der Waals surface area contributed by atoms with Gasteiger partial charge in [-0.25, -0.2) is 8.42 Å². The monoisotopic (exact) mass is 412 g/mol. The fraction of sp³-hybridized carbons (Fsp3) is 0.0952. The van der Waals surface area contributed by atoms with Gasteiger partial charge in [0.25, 0.3) is 15.9 Å². The van der Waals surface area contributed by atoms with Crippen molar-refractivity contribution in [2.45, 2.75) is 4.90 Å². The largest absolute Gasteiger partial charge is 0.493 e. The molecule has 0 fully saturated rings. The predicted molar refractivity (Wildman–Crippen MR) is 111 cm³/mol. The Kier molecular flexibility index (Phi) is 6.36. The molecule has 0 saturated carbocycles. The highest BCUT2D eigenvalue weighted by Gasteiger charge is 2.14. The number of hydrogen-bond acceptors (Lipinski definition) is 5. The lowest BCUT2D eigenvalue weighted by Gasteiger charge is -2.11.